The fourth-order valence-electron chi connectivity index (χ4n) is 4.45. The Kier molecular flexibility index (Phi) is 7.79. The normalized spacial score (nSPS) is 22.0. The quantitative estimate of drug-likeness (QED) is 0.291. The second kappa shape index (κ2) is 11.4. The first-order valence-corrected chi connectivity index (χ1v) is 13.0. The molecule has 0 bridgehead atoms. The van der Waals surface area contributed by atoms with Crippen LogP contribution in [-0.4, -0.2) is 32.1 Å². The molecule has 4 aromatic rings. The molecular weight excluding hydrogens is 472 g/mol. The van der Waals surface area contributed by atoms with E-state index < -0.39 is 6.29 Å². The summed E-state index contributed by atoms with van der Waals surface area (Å²) in [5.74, 6) is 0.820. The molecular formula is C28H30N4O3S. The molecule has 2 heterocycles. The highest BCUT2D eigenvalue weighted by Gasteiger charge is 2.38. The van der Waals surface area contributed by atoms with Crippen LogP contribution in [0.1, 0.15) is 41.6 Å². The number of aliphatic hydroxyl groups is 1. The highest BCUT2D eigenvalue weighted by Crippen LogP contribution is 2.43. The molecule has 5 rings (SSSR count). The van der Waals surface area contributed by atoms with Crippen molar-refractivity contribution in [1.29, 1.82) is 0 Å². The van der Waals surface area contributed by atoms with Gasteiger partial charge in [0.25, 0.3) is 0 Å². The molecule has 1 aliphatic heterocycles. The van der Waals surface area contributed by atoms with Gasteiger partial charge in [0, 0.05) is 23.8 Å². The second-order valence-corrected chi connectivity index (χ2v) is 9.96. The molecule has 0 radical (unpaired) electrons. The van der Waals surface area contributed by atoms with Crippen LogP contribution >= 0.6 is 11.8 Å². The van der Waals surface area contributed by atoms with Gasteiger partial charge in [-0.2, -0.15) is 5.10 Å². The Balaban J connectivity index is 1.39. The van der Waals surface area contributed by atoms with Crippen molar-refractivity contribution in [3.63, 3.8) is 0 Å². The van der Waals surface area contributed by atoms with Crippen LogP contribution < -0.4 is 5.73 Å². The van der Waals surface area contributed by atoms with E-state index in [0.717, 1.165) is 38.5 Å². The van der Waals surface area contributed by atoms with Crippen molar-refractivity contribution in [2.24, 2.45) is 11.7 Å². The molecule has 1 aliphatic rings. The third kappa shape index (κ3) is 5.53. The monoisotopic (exact) mass is 502 g/mol. The van der Waals surface area contributed by atoms with Crippen molar-refractivity contribution in [1.82, 2.24) is 15.2 Å². The van der Waals surface area contributed by atoms with Gasteiger partial charge in [0.2, 0.25) is 0 Å². The van der Waals surface area contributed by atoms with Crippen LogP contribution in [0.2, 0.25) is 0 Å². The molecule has 1 aromatic heterocycles. The molecule has 4 atom stereocenters. The predicted molar refractivity (Wildman–Crippen MR) is 140 cm³/mol. The number of aromatic amines is 1. The highest BCUT2D eigenvalue weighted by atomic mass is 32.2. The first-order valence-electron chi connectivity index (χ1n) is 12.0. The first-order chi connectivity index (χ1) is 17.6. The maximum Gasteiger partial charge on any atom is 0.184 e. The first kappa shape index (κ1) is 24.7. The number of nitrogens with zero attached hydrogens (tertiary/aromatic N) is 2. The highest BCUT2D eigenvalue weighted by molar-refractivity contribution is 7.99. The van der Waals surface area contributed by atoms with Crippen LogP contribution in [0.5, 0.6) is 0 Å². The third-order valence-corrected chi connectivity index (χ3v) is 7.54. The summed E-state index contributed by atoms with van der Waals surface area (Å²) < 4.78 is 13.0. The van der Waals surface area contributed by atoms with Crippen LogP contribution in [-0.2, 0) is 22.6 Å². The number of H-pyrrole nitrogens is 1. The summed E-state index contributed by atoms with van der Waals surface area (Å²) in [6, 6.07) is 24.5. The van der Waals surface area contributed by atoms with E-state index in [4.69, 9.17) is 15.2 Å². The number of ether oxygens (including phenoxy) is 2. The molecule has 0 unspecified atom stereocenters. The summed E-state index contributed by atoms with van der Waals surface area (Å²) in [7, 11) is 0. The SMILES string of the molecule is C[C@@H]1[C@H](CSc2ncn[nH]2)O[C@H](c2ccc(-c3cccc(CN)c3)cc2)O[C@@H]1c1ccc(CO)cc1. The lowest BCUT2D eigenvalue weighted by Gasteiger charge is -2.41. The number of thioether (sulfide) groups is 1. The number of hydrogen-bond donors (Lipinski definition) is 3. The van der Waals surface area contributed by atoms with E-state index in [1.807, 2.05) is 36.4 Å². The standard InChI is InChI=1S/C28H30N4O3S/c1-18-25(16-36-28-30-17-31-32-28)34-27(35-26(18)22-7-5-19(15-33)6-8-22)23-11-9-21(10-12-23)24-4-2-3-20(13-24)14-29/h2-13,17-18,25-27,33H,14-16,29H2,1H3,(H,30,31,32)/t18-,25+,26+,27+/m1/s1. The number of benzene rings is 3. The average Bonchev–Trinajstić information content (AvgIpc) is 3.46. The molecule has 0 amide bonds. The second-order valence-electron chi connectivity index (χ2n) is 8.95. The Bertz CT molecular complexity index is 1250. The van der Waals surface area contributed by atoms with E-state index in [0.29, 0.717) is 12.3 Å². The topological polar surface area (TPSA) is 106 Å². The molecule has 0 saturated carbocycles. The van der Waals surface area contributed by atoms with E-state index in [2.05, 4.69) is 58.5 Å². The maximum atomic E-state index is 9.44. The van der Waals surface area contributed by atoms with Gasteiger partial charge in [-0.25, -0.2) is 4.98 Å². The van der Waals surface area contributed by atoms with Crippen LogP contribution in [0, 0.1) is 5.92 Å². The number of aliphatic hydroxyl groups excluding tert-OH is 1. The fraction of sp³-hybridized carbons (Fsp3) is 0.286. The minimum Gasteiger partial charge on any atom is -0.392 e. The molecule has 36 heavy (non-hydrogen) atoms. The molecule has 1 fully saturated rings. The zero-order valence-corrected chi connectivity index (χ0v) is 20.9. The minimum absolute atomic E-state index is 0.0179. The van der Waals surface area contributed by atoms with Gasteiger partial charge in [-0.15, -0.1) is 0 Å². The summed E-state index contributed by atoms with van der Waals surface area (Å²) in [5.41, 5.74) is 12.1. The van der Waals surface area contributed by atoms with Crippen LogP contribution in [0.25, 0.3) is 11.1 Å². The number of nitrogens with one attached hydrogen (secondary N) is 1. The third-order valence-electron chi connectivity index (χ3n) is 6.58. The molecule has 0 spiro atoms. The fourth-order valence-corrected chi connectivity index (χ4v) is 5.39. The van der Waals surface area contributed by atoms with Crippen LogP contribution in [0.3, 0.4) is 0 Å². The van der Waals surface area contributed by atoms with Gasteiger partial charge >= 0.3 is 0 Å². The Morgan fingerprint density at radius 1 is 0.944 bits per heavy atom. The zero-order chi connectivity index (χ0) is 24.9. The van der Waals surface area contributed by atoms with Crippen molar-refractivity contribution in [2.45, 2.75) is 43.7 Å². The molecule has 8 heteroatoms. The van der Waals surface area contributed by atoms with Gasteiger partial charge in [-0.05, 0) is 33.9 Å². The van der Waals surface area contributed by atoms with E-state index in [9.17, 15) is 5.11 Å². The van der Waals surface area contributed by atoms with Gasteiger partial charge in [-0.1, -0.05) is 85.4 Å². The number of hydrogen-bond acceptors (Lipinski definition) is 7. The van der Waals surface area contributed by atoms with E-state index in [-0.39, 0.29) is 24.7 Å². The predicted octanol–water partition coefficient (Wildman–Crippen LogP) is 5.01. The van der Waals surface area contributed by atoms with Gasteiger partial charge < -0.3 is 20.3 Å². The van der Waals surface area contributed by atoms with Gasteiger partial charge in [0.1, 0.15) is 6.33 Å². The zero-order valence-electron chi connectivity index (χ0n) is 20.1. The lowest BCUT2D eigenvalue weighted by molar-refractivity contribution is -0.268. The summed E-state index contributed by atoms with van der Waals surface area (Å²) in [4.78, 5) is 4.23. The van der Waals surface area contributed by atoms with Crippen LogP contribution in [0.15, 0.2) is 84.3 Å². The Morgan fingerprint density at radius 2 is 1.72 bits per heavy atom. The maximum absolute atomic E-state index is 9.44. The minimum atomic E-state index is -0.506. The Hall–Kier alpha value is -3.01. The number of rotatable bonds is 8. The van der Waals surface area contributed by atoms with Crippen molar-refractivity contribution in [3.8, 4) is 11.1 Å². The summed E-state index contributed by atoms with van der Waals surface area (Å²) >= 11 is 1.59. The van der Waals surface area contributed by atoms with Crippen LogP contribution in [0.4, 0.5) is 0 Å². The molecule has 1 saturated heterocycles. The number of nitrogens with two attached hydrogens (primary N) is 1. The Morgan fingerprint density at radius 3 is 2.42 bits per heavy atom. The van der Waals surface area contributed by atoms with Crippen molar-refractivity contribution in [3.05, 3.63) is 101 Å². The molecule has 7 nitrogen and oxygen atoms in total. The van der Waals surface area contributed by atoms with Gasteiger partial charge in [0.15, 0.2) is 11.4 Å². The lowest BCUT2D eigenvalue weighted by atomic mass is 9.91. The Labute approximate surface area is 215 Å². The number of aromatic nitrogens is 3. The summed E-state index contributed by atoms with van der Waals surface area (Å²) in [6.45, 7) is 2.69. The van der Waals surface area contributed by atoms with Crippen molar-refractivity contribution < 1.29 is 14.6 Å². The van der Waals surface area contributed by atoms with E-state index >= 15 is 0 Å². The molecule has 186 valence electrons. The molecule has 4 N–H and O–H groups in total. The molecule has 3 aromatic carbocycles. The van der Waals surface area contributed by atoms with E-state index in [1.165, 1.54) is 6.33 Å². The van der Waals surface area contributed by atoms with Crippen molar-refractivity contribution >= 4 is 11.8 Å². The van der Waals surface area contributed by atoms with E-state index in [1.54, 1.807) is 11.8 Å². The van der Waals surface area contributed by atoms with Gasteiger partial charge in [-0.3, -0.25) is 5.10 Å². The van der Waals surface area contributed by atoms with Gasteiger partial charge in [0.05, 0.1) is 18.8 Å². The largest absolute Gasteiger partial charge is 0.392 e. The molecule has 0 aliphatic carbocycles. The van der Waals surface area contributed by atoms with Crippen molar-refractivity contribution in [2.75, 3.05) is 5.75 Å². The summed E-state index contributed by atoms with van der Waals surface area (Å²) in [5, 5.41) is 17.1. The average molecular weight is 503 g/mol. The summed E-state index contributed by atoms with van der Waals surface area (Å²) in [6.07, 6.45) is 0.781. The lowest BCUT2D eigenvalue weighted by Crippen LogP contribution is -2.38. The smallest absolute Gasteiger partial charge is 0.184 e.